The van der Waals surface area contributed by atoms with Gasteiger partial charge in [-0.15, -0.1) is 0 Å². The summed E-state index contributed by atoms with van der Waals surface area (Å²) in [6.07, 6.45) is 2.24. The van der Waals surface area contributed by atoms with Gasteiger partial charge in [-0.05, 0) is 112 Å². The summed E-state index contributed by atoms with van der Waals surface area (Å²) < 4.78 is 9.27. The molecule has 8 aromatic carbocycles. The molecule has 0 atom stereocenters. The Bertz CT molecular complexity index is 3060. The van der Waals surface area contributed by atoms with E-state index in [1.165, 1.54) is 50.6 Å². The molecule has 10 aromatic rings. The second-order valence-electron chi connectivity index (χ2n) is 16.2. The minimum Gasteiger partial charge on any atom is -0.454 e. The standard InChI is InChI=1S/C52H38N2O.C3H8/c1-52(2)33-35-31-34(25-30-40(35)41-19-9-12-22-46(41)52)44-32-45-42-20-11-14-24-48(42)55-51(45)50-49(44)43-21-10-13-23-47(43)54(50)39-28-26-38(27-29-39)53(36-15-5-3-6-16-36)37-17-7-4-8-18-37;1-3-2/h3-32H,33H2,1-2H3;3H2,1-2H3. The molecule has 0 fully saturated rings. The average molecular weight is 751 g/mol. The number of aromatic nitrogens is 1. The van der Waals surface area contributed by atoms with Crippen LogP contribution in [0.5, 0.6) is 0 Å². The smallest absolute Gasteiger partial charge is 0.160 e. The molecule has 282 valence electrons. The average Bonchev–Trinajstić information content (AvgIpc) is 3.81. The van der Waals surface area contributed by atoms with Crippen molar-refractivity contribution in [1.29, 1.82) is 0 Å². The first kappa shape index (κ1) is 35.6. The second kappa shape index (κ2) is 14.3. The molecule has 1 aliphatic rings. The molecule has 0 unspecified atom stereocenters. The van der Waals surface area contributed by atoms with Crippen molar-refractivity contribution in [1.82, 2.24) is 4.57 Å². The largest absolute Gasteiger partial charge is 0.454 e. The van der Waals surface area contributed by atoms with Gasteiger partial charge in [0.05, 0.1) is 11.0 Å². The van der Waals surface area contributed by atoms with Crippen LogP contribution in [-0.2, 0) is 11.8 Å². The van der Waals surface area contributed by atoms with Crippen molar-refractivity contribution in [3.05, 3.63) is 193 Å². The molecule has 2 aromatic heterocycles. The molecule has 3 nitrogen and oxygen atoms in total. The van der Waals surface area contributed by atoms with Crippen LogP contribution in [0.1, 0.15) is 45.2 Å². The van der Waals surface area contributed by atoms with E-state index in [0.29, 0.717) is 0 Å². The van der Waals surface area contributed by atoms with Crippen LogP contribution in [0.25, 0.3) is 71.7 Å². The van der Waals surface area contributed by atoms with Gasteiger partial charge in [0.15, 0.2) is 5.58 Å². The lowest BCUT2D eigenvalue weighted by molar-refractivity contribution is 0.517. The van der Waals surface area contributed by atoms with Crippen molar-refractivity contribution in [2.45, 2.75) is 46.0 Å². The fraction of sp³-hybridized carbons (Fsp3) is 0.127. The highest BCUT2D eigenvalue weighted by atomic mass is 16.3. The van der Waals surface area contributed by atoms with Crippen molar-refractivity contribution in [3.63, 3.8) is 0 Å². The van der Waals surface area contributed by atoms with E-state index in [1.807, 2.05) is 0 Å². The highest BCUT2D eigenvalue weighted by Crippen LogP contribution is 2.48. The van der Waals surface area contributed by atoms with Crippen LogP contribution in [0.2, 0.25) is 0 Å². The van der Waals surface area contributed by atoms with Crippen LogP contribution in [-0.4, -0.2) is 4.57 Å². The van der Waals surface area contributed by atoms with Gasteiger partial charge in [-0.1, -0.05) is 149 Å². The molecule has 1 aliphatic carbocycles. The van der Waals surface area contributed by atoms with Crippen molar-refractivity contribution >= 4 is 60.8 Å². The molecule has 3 heteroatoms. The van der Waals surface area contributed by atoms with E-state index < -0.39 is 0 Å². The molecule has 58 heavy (non-hydrogen) atoms. The SMILES string of the molecule is CC1(C)Cc2cc(-c3cc4c5ccccc5oc4c4c3c3ccccc3n4-c3ccc(N(c4ccccc4)c4ccccc4)cc3)ccc2-c2ccccc21.CCC. The zero-order valence-electron chi connectivity index (χ0n) is 33.5. The zero-order valence-corrected chi connectivity index (χ0v) is 33.5. The van der Waals surface area contributed by atoms with Gasteiger partial charge in [0, 0.05) is 44.3 Å². The molecule has 2 heterocycles. The van der Waals surface area contributed by atoms with Crippen LogP contribution >= 0.6 is 0 Å². The second-order valence-corrected chi connectivity index (χ2v) is 16.2. The van der Waals surface area contributed by atoms with Crippen LogP contribution in [0.4, 0.5) is 17.1 Å². The molecule has 0 spiro atoms. The third-order valence-electron chi connectivity index (χ3n) is 11.7. The highest BCUT2D eigenvalue weighted by Gasteiger charge is 2.31. The maximum absolute atomic E-state index is 6.85. The number of furan rings is 1. The summed E-state index contributed by atoms with van der Waals surface area (Å²) in [6.45, 7) is 9.00. The predicted octanol–water partition coefficient (Wildman–Crippen LogP) is 15.7. The van der Waals surface area contributed by atoms with Gasteiger partial charge in [0.2, 0.25) is 0 Å². The van der Waals surface area contributed by atoms with E-state index in [9.17, 15) is 0 Å². The lowest BCUT2D eigenvalue weighted by atomic mass is 9.70. The molecule has 0 radical (unpaired) electrons. The number of hydrogen-bond donors (Lipinski definition) is 0. The number of anilines is 3. The van der Waals surface area contributed by atoms with Crippen LogP contribution in [0, 0.1) is 0 Å². The minimum atomic E-state index is 0.0427. The van der Waals surface area contributed by atoms with E-state index in [4.69, 9.17) is 4.42 Å². The lowest BCUT2D eigenvalue weighted by Crippen LogP contribution is -2.25. The van der Waals surface area contributed by atoms with Crippen LogP contribution < -0.4 is 4.90 Å². The quantitative estimate of drug-likeness (QED) is 0.175. The molecule has 11 rings (SSSR count). The third kappa shape index (κ3) is 5.80. The minimum absolute atomic E-state index is 0.0427. The summed E-state index contributed by atoms with van der Waals surface area (Å²) in [5, 5.41) is 4.66. The summed E-state index contributed by atoms with van der Waals surface area (Å²) >= 11 is 0. The van der Waals surface area contributed by atoms with E-state index >= 15 is 0 Å². The number of hydrogen-bond acceptors (Lipinski definition) is 2. The number of para-hydroxylation sites is 4. The molecule has 0 amide bonds. The van der Waals surface area contributed by atoms with Gasteiger partial charge in [0.25, 0.3) is 0 Å². The summed E-state index contributed by atoms with van der Waals surface area (Å²) in [6, 6.07) is 65.8. The Morgan fingerprint density at radius 2 is 1.16 bits per heavy atom. The Morgan fingerprint density at radius 3 is 1.88 bits per heavy atom. The van der Waals surface area contributed by atoms with Crippen molar-refractivity contribution in [2.75, 3.05) is 4.90 Å². The summed E-state index contributed by atoms with van der Waals surface area (Å²) in [5.41, 5.74) is 16.4. The van der Waals surface area contributed by atoms with Gasteiger partial charge >= 0.3 is 0 Å². The van der Waals surface area contributed by atoms with E-state index in [1.54, 1.807) is 0 Å². The normalized spacial score (nSPS) is 13.0. The first-order valence-electron chi connectivity index (χ1n) is 20.6. The molecule has 0 saturated heterocycles. The Hall–Kier alpha value is -6.84. The van der Waals surface area contributed by atoms with Crippen LogP contribution in [0.15, 0.2) is 186 Å². The molecule has 0 N–H and O–H groups in total. The monoisotopic (exact) mass is 750 g/mol. The first-order valence-corrected chi connectivity index (χ1v) is 20.6. The van der Waals surface area contributed by atoms with Crippen molar-refractivity contribution in [3.8, 4) is 27.9 Å². The maximum atomic E-state index is 6.85. The molecular weight excluding hydrogens is 705 g/mol. The number of rotatable bonds is 5. The topological polar surface area (TPSA) is 21.3 Å². The van der Waals surface area contributed by atoms with Gasteiger partial charge in [-0.3, -0.25) is 0 Å². The predicted molar refractivity (Wildman–Crippen MR) is 246 cm³/mol. The fourth-order valence-electron chi connectivity index (χ4n) is 9.23. The summed E-state index contributed by atoms with van der Waals surface area (Å²) in [4.78, 5) is 2.31. The van der Waals surface area contributed by atoms with Gasteiger partial charge in [0.1, 0.15) is 5.58 Å². The molecule has 0 bridgehead atoms. The Morgan fingerprint density at radius 1 is 0.552 bits per heavy atom. The van der Waals surface area contributed by atoms with Crippen molar-refractivity contribution < 1.29 is 4.42 Å². The van der Waals surface area contributed by atoms with Crippen molar-refractivity contribution in [2.24, 2.45) is 0 Å². The van der Waals surface area contributed by atoms with E-state index in [0.717, 1.165) is 62.1 Å². The van der Waals surface area contributed by atoms with Gasteiger partial charge in [-0.25, -0.2) is 0 Å². The molecule has 0 saturated carbocycles. The number of fused-ring (bicyclic) bond motifs is 10. The number of benzene rings is 8. The summed E-state index contributed by atoms with van der Waals surface area (Å²) in [7, 11) is 0. The lowest BCUT2D eigenvalue weighted by Gasteiger charge is -2.34. The Balaban J connectivity index is 0.00000132. The number of nitrogens with zero attached hydrogens (tertiary/aromatic N) is 2. The van der Waals surface area contributed by atoms with E-state index in [-0.39, 0.29) is 5.41 Å². The molecular formula is C55H46N2O. The highest BCUT2D eigenvalue weighted by molar-refractivity contribution is 6.26. The Kier molecular flexibility index (Phi) is 8.75. The third-order valence-corrected chi connectivity index (χ3v) is 11.7. The fourth-order valence-corrected chi connectivity index (χ4v) is 9.23. The van der Waals surface area contributed by atoms with Crippen LogP contribution in [0.3, 0.4) is 0 Å². The first-order chi connectivity index (χ1) is 28.4. The Labute approximate surface area is 340 Å². The zero-order chi connectivity index (χ0) is 39.4. The maximum Gasteiger partial charge on any atom is 0.160 e. The van der Waals surface area contributed by atoms with E-state index in [2.05, 4.69) is 219 Å². The molecule has 0 aliphatic heterocycles. The van der Waals surface area contributed by atoms with Gasteiger partial charge < -0.3 is 13.9 Å². The van der Waals surface area contributed by atoms with Gasteiger partial charge in [-0.2, -0.15) is 0 Å². The summed E-state index contributed by atoms with van der Waals surface area (Å²) in [5.74, 6) is 0.